The van der Waals surface area contributed by atoms with Gasteiger partial charge in [0.05, 0.1) is 32.5 Å². The van der Waals surface area contributed by atoms with Crippen LogP contribution in [0.2, 0.25) is 0 Å². The third-order valence-electron chi connectivity index (χ3n) is 13.6. The molecule has 4 aromatic rings. The molecule has 8 N–H and O–H groups in total. The van der Waals surface area contributed by atoms with Crippen molar-refractivity contribution < 1.29 is 105 Å². The van der Waals surface area contributed by atoms with Crippen molar-refractivity contribution in [2.75, 3.05) is 35.2 Å². The smallest absolute Gasteiger partial charge is 0.303 e. The highest BCUT2D eigenvalue weighted by molar-refractivity contribution is 7.87. The molecule has 2 aliphatic heterocycles. The normalized spacial score (nSPS) is 19.3. The number of carboxylic acid groups (broad SMARTS) is 1. The zero-order valence-corrected chi connectivity index (χ0v) is 47.1. The standard InChI is InChI=1S/C46H54N2O23S7/c1-45(19-9-23-72(51,52)53)40(47(21-8-4-7-14-42(49)50)36-17-15-32-34(43(36)45)26-30(75(60,61)62)28-38(32)77(66,67)68)12-5-3-6-13-41-46(2,20-10-24-73(54,55)56)44-35-27-31(76(63,64)65)29-39(78(69,70)71)33(35)16-18-37(44)48(41)22-11-25-74(57,58)59/h3,5-6,12-13,15-18,26-29H,4,7-11,14,19-25H2,1-2H3,(H7-,49,50,51,52,53,54,55,56,57,58,59,60,61,62,63,64,65,66,67,68,69,70,71)/p+1. The number of unbranched alkanes of at least 4 members (excludes halogenated alkanes) is 2. The zero-order chi connectivity index (χ0) is 58.4. The Morgan fingerprint density at radius 1 is 0.538 bits per heavy atom. The third-order valence-corrected chi connectivity index (χ3v) is 19.5. The van der Waals surface area contributed by atoms with Crippen LogP contribution in [0.4, 0.5) is 11.4 Å². The minimum atomic E-state index is -5.23. The lowest BCUT2D eigenvalue weighted by molar-refractivity contribution is -0.437. The third kappa shape index (κ3) is 14.3. The molecule has 6 rings (SSSR count). The van der Waals surface area contributed by atoms with E-state index < -0.39 is 124 Å². The van der Waals surface area contributed by atoms with E-state index in [0.717, 1.165) is 12.1 Å². The minimum Gasteiger partial charge on any atom is -0.481 e. The molecule has 2 unspecified atom stereocenters. The van der Waals surface area contributed by atoms with Crippen LogP contribution in [0.3, 0.4) is 0 Å². The molecule has 0 spiro atoms. The number of carbonyl (C=O) groups is 1. The van der Waals surface area contributed by atoms with Crippen LogP contribution in [0.25, 0.3) is 21.5 Å². The fourth-order valence-electron chi connectivity index (χ4n) is 10.4. The quantitative estimate of drug-likeness (QED) is 0.0179. The molecular weight excluding hydrogens is 1170 g/mol. The molecular formula is C46H55N2O23S7+. The van der Waals surface area contributed by atoms with Crippen LogP contribution in [0.15, 0.2) is 104 Å². The van der Waals surface area contributed by atoms with Crippen molar-refractivity contribution in [1.82, 2.24) is 0 Å². The molecule has 4 aromatic carbocycles. The summed E-state index contributed by atoms with van der Waals surface area (Å²) in [7, 11) is -34.6. The Kier molecular flexibility index (Phi) is 17.9. The van der Waals surface area contributed by atoms with Crippen molar-refractivity contribution in [2.45, 2.75) is 102 Å². The lowest BCUT2D eigenvalue weighted by Crippen LogP contribution is -2.32. The van der Waals surface area contributed by atoms with Gasteiger partial charge in [-0.15, -0.1) is 0 Å². The topological polar surface area (TPSA) is 424 Å². The number of allylic oxidation sites excluding steroid dienone is 6. The molecule has 32 heteroatoms. The molecule has 2 atom stereocenters. The Hall–Kier alpha value is -5.07. The molecule has 0 saturated carbocycles. The van der Waals surface area contributed by atoms with E-state index in [9.17, 15) is 101 Å². The van der Waals surface area contributed by atoms with E-state index in [4.69, 9.17) is 0 Å². The summed E-state index contributed by atoms with van der Waals surface area (Å²) in [5.74, 6) is -3.41. The maximum Gasteiger partial charge on any atom is 0.303 e. The number of nitrogens with zero attached hydrogens (tertiary/aromatic N) is 2. The van der Waals surface area contributed by atoms with Gasteiger partial charge in [0.25, 0.3) is 70.8 Å². The van der Waals surface area contributed by atoms with Gasteiger partial charge in [0.1, 0.15) is 16.3 Å². The number of anilines is 1. The van der Waals surface area contributed by atoms with Crippen molar-refractivity contribution >= 4 is 115 Å². The number of hydrogen-bond donors (Lipinski definition) is 8. The summed E-state index contributed by atoms with van der Waals surface area (Å²) in [5, 5.41) is 8.55. The summed E-state index contributed by atoms with van der Waals surface area (Å²) in [5.41, 5.74) is -1.59. The fraction of sp³-hybridized carbons (Fsp3) is 0.391. The number of fused-ring (bicyclic) bond motifs is 6. The molecule has 2 aliphatic rings. The Morgan fingerprint density at radius 2 is 1.03 bits per heavy atom. The Labute approximate surface area is 450 Å². The van der Waals surface area contributed by atoms with E-state index in [1.165, 1.54) is 53.1 Å². The van der Waals surface area contributed by atoms with E-state index in [-0.39, 0.29) is 102 Å². The minimum absolute atomic E-state index is 0.104. The van der Waals surface area contributed by atoms with Crippen LogP contribution in [-0.2, 0) is 86.5 Å². The molecule has 0 bridgehead atoms. The molecule has 0 saturated heterocycles. The lowest BCUT2D eigenvalue weighted by atomic mass is 9.74. The van der Waals surface area contributed by atoms with Gasteiger partial charge >= 0.3 is 5.97 Å². The van der Waals surface area contributed by atoms with Gasteiger partial charge in [-0.3, -0.25) is 36.7 Å². The van der Waals surface area contributed by atoms with Gasteiger partial charge < -0.3 is 10.0 Å². The van der Waals surface area contributed by atoms with Gasteiger partial charge in [0.2, 0.25) is 5.69 Å². The molecule has 2 heterocycles. The summed E-state index contributed by atoms with van der Waals surface area (Å²) in [4.78, 5) is 9.37. The van der Waals surface area contributed by atoms with Gasteiger partial charge in [-0.05, 0) is 111 Å². The SMILES string of the molecule is CC1(CCCS(=O)(=O)O)C(/C=C/C=C/C=C2/N(CCCCCC(=O)O)c3ccc4c(S(=O)(=O)O)cc(S(=O)(=O)O)cc4c3C2(C)CCCS(=O)(=O)O)=[N+](CCCS(=O)(=O)O)c2ccc3c(S(=O)(=O)O)cc(S(=O)(=O)O)cc3c21. The lowest BCUT2D eigenvalue weighted by Gasteiger charge is -2.31. The fourth-order valence-corrected chi connectivity index (χ4v) is 14.6. The highest BCUT2D eigenvalue weighted by Crippen LogP contribution is 2.54. The summed E-state index contributed by atoms with van der Waals surface area (Å²) >= 11 is 0. The summed E-state index contributed by atoms with van der Waals surface area (Å²) in [6.07, 6.45) is 7.01. The van der Waals surface area contributed by atoms with Crippen LogP contribution >= 0.6 is 0 Å². The molecule has 0 radical (unpaired) electrons. The summed E-state index contributed by atoms with van der Waals surface area (Å²) in [6.45, 7) is 3.05. The van der Waals surface area contributed by atoms with E-state index in [1.54, 1.807) is 24.8 Å². The first-order chi connectivity index (χ1) is 35.7. The Bertz CT molecular complexity index is 4080. The molecule has 0 amide bonds. The van der Waals surface area contributed by atoms with Crippen LogP contribution in [0.1, 0.15) is 82.8 Å². The molecule has 78 heavy (non-hydrogen) atoms. The number of benzene rings is 4. The summed E-state index contributed by atoms with van der Waals surface area (Å²) < 4.78 is 245. The van der Waals surface area contributed by atoms with Crippen molar-refractivity contribution in [1.29, 1.82) is 0 Å². The average Bonchev–Trinajstić information content (AvgIpc) is 3.73. The first-order valence-electron chi connectivity index (χ1n) is 23.4. The maximum absolute atomic E-state index is 12.8. The van der Waals surface area contributed by atoms with Crippen LogP contribution < -0.4 is 4.90 Å². The highest BCUT2D eigenvalue weighted by Gasteiger charge is 2.49. The van der Waals surface area contributed by atoms with E-state index >= 15 is 0 Å². The second-order valence-corrected chi connectivity index (χ2v) is 29.5. The average molecular weight is 1230 g/mol. The summed E-state index contributed by atoms with van der Waals surface area (Å²) in [6, 6.07) is 8.32. The second-order valence-electron chi connectivity index (χ2n) is 19.1. The zero-order valence-electron chi connectivity index (χ0n) is 41.4. The number of carboxylic acids is 1. The maximum atomic E-state index is 12.8. The van der Waals surface area contributed by atoms with Gasteiger partial charge in [-0.1, -0.05) is 30.7 Å². The van der Waals surface area contributed by atoms with Crippen LogP contribution in [-0.4, -0.2) is 143 Å². The first-order valence-corrected chi connectivity index (χ1v) is 33.9. The number of hydrogen-bond acceptors (Lipinski definition) is 16. The number of aliphatic carboxylic acids is 1. The van der Waals surface area contributed by atoms with Crippen LogP contribution in [0, 0.1) is 0 Å². The van der Waals surface area contributed by atoms with Gasteiger partial charge in [0, 0.05) is 64.7 Å². The molecule has 428 valence electrons. The van der Waals surface area contributed by atoms with Crippen molar-refractivity contribution in [3.8, 4) is 0 Å². The first kappa shape index (κ1) is 62.1. The van der Waals surface area contributed by atoms with Crippen molar-refractivity contribution in [3.05, 3.63) is 95.7 Å². The molecule has 0 fully saturated rings. The van der Waals surface area contributed by atoms with Crippen molar-refractivity contribution in [2.24, 2.45) is 0 Å². The Balaban J connectivity index is 1.60. The van der Waals surface area contributed by atoms with Gasteiger partial charge in [-0.2, -0.15) is 63.5 Å². The van der Waals surface area contributed by atoms with E-state index in [1.807, 2.05) is 0 Å². The number of rotatable bonds is 25. The predicted octanol–water partition coefficient (Wildman–Crippen LogP) is 5.37. The molecule has 25 nitrogen and oxygen atoms in total. The second kappa shape index (κ2) is 22.5. The molecule has 0 aromatic heterocycles. The van der Waals surface area contributed by atoms with E-state index in [0.29, 0.717) is 36.4 Å². The van der Waals surface area contributed by atoms with E-state index in [2.05, 4.69) is 0 Å². The van der Waals surface area contributed by atoms with Gasteiger partial charge in [0.15, 0.2) is 5.71 Å². The highest BCUT2D eigenvalue weighted by atomic mass is 32.2. The van der Waals surface area contributed by atoms with Crippen molar-refractivity contribution in [3.63, 3.8) is 0 Å². The predicted molar refractivity (Wildman–Crippen MR) is 284 cm³/mol. The monoisotopic (exact) mass is 1230 g/mol. The van der Waals surface area contributed by atoms with Gasteiger partial charge in [-0.25, -0.2) is 0 Å². The van der Waals surface area contributed by atoms with Crippen LogP contribution in [0.5, 0.6) is 0 Å². The molecule has 0 aliphatic carbocycles. The largest absolute Gasteiger partial charge is 0.481 e. The Morgan fingerprint density at radius 3 is 1.51 bits per heavy atom.